The number of nitrogens with zero attached hydrogens (tertiary/aromatic N) is 3. The molecule has 0 atom stereocenters. The second-order valence-corrected chi connectivity index (χ2v) is 5.47. The summed E-state index contributed by atoms with van der Waals surface area (Å²) in [5.74, 6) is 0.863. The molecule has 2 aromatic heterocycles. The van der Waals surface area contributed by atoms with Gasteiger partial charge in [-0.15, -0.1) is 5.10 Å². The van der Waals surface area contributed by atoms with E-state index < -0.39 is 0 Å². The first-order valence-corrected chi connectivity index (χ1v) is 6.82. The van der Waals surface area contributed by atoms with Gasteiger partial charge in [0.15, 0.2) is 0 Å². The van der Waals surface area contributed by atoms with Crippen LogP contribution in [0, 0.1) is 0 Å². The van der Waals surface area contributed by atoms with E-state index in [0.29, 0.717) is 5.13 Å². The lowest BCUT2D eigenvalue weighted by Gasteiger charge is -2.09. The average molecular weight is 274 g/mol. The Labute approximate surface area is 114 Å². The van der Waals surface area contributed by atoms with Gasteiger partial charge in [-0.05, 0) is 38.1 Å². The van der Waals surface area contributed by atoms with Crippen molar-refractivity contribution < 1.29 is 4.74 Å². The van der Waals surface area contributed by atoms with Crippen molar-refractivity contribution in [1.82, 2.24) is 14.6 Å². The number of fused-ring (bicyclic) bond motifs is 1. The predicted molar refractivity (Wildman–Crippen MR) is 76.5 cm³/mol. The van der Waals surface area contributed by atoms with Crippen LogP contribution in [0.2, 0.25) is 0 Å². The molecule has 0 unspecified atom stereocenters. The summed E-state index contributed by atoms with van der Waals surface area (Å²) in [5.41, 5.74) is 7.54. The van der Waals surface area contributed by atoms with Crippen LogP contribution in [-0.4, -0.2) is 20.7 Å². The Morgan fingerprint density at radius 2 is 2.00 bits per heavy atom. The van der Waals surface area contributed by atoms with Crippen LogP contribution in [0.3, 0.4) is 0 Å². The fourth-order valence-corrected chi connectivity index (χ4v) is 2.48. The van der Waals surface area contributed by atoms with E-state index in [1.807, 2.05) is 44.3 Å². The number of imidazole rings is 1. The number of hydrogen-bond donors (Lipinski definition) is 1. The minimum absolute atomic E-state index is 0.177. The fourth-order valence-electron chi connectivity index (χ4n) is 1.83. The highest BCUT2D eigenvalue weighted by Gasteiger charge is 2.08. The van der Waals surface area contributed by atoms with Crippen molar-refractivity contribution in [3.8, 4) is 17.0 Å². The van der Waals surface area contributed by atoms with Gasteiger partial charge in [0.05, 0.1) is 18.0 Å². The molecule has 6 heteroatoms. The van der Waals surface area contributed by atoms with Crippen molar-refractivity contribution in [2.24, 2.45) is 0 Å². The maximum atomic E-state index is 5.62. The topological polar surface area (TPSA) is 65.4 Å². The molecule has 0 amide bonds. The summed E-state index contributed by atoms with van der Waals surface area (Å²) in [5, 5.41) is 4.66. The summed E-state index contributed by atoms with van der Waals surface area (Å²) >= 11 is 1.37. The first kappa shape index (κ1) is 12.0. The van der Waals surface area contributed by atoms with Gasteiger partial charge in [-0.3, -0.25) is 0 Å². The molecule has 19 heavy (non-hydrogen) atoms. The van der Waals surface area contributed by atoms with Gasteiger partial charge in [-0.2, -0.15) is 0 Å². The van der Waals surface area contributed by atoms with Crippen LogP contribution in [0.1, 0.15) is 13.8 Å². The molecule has 0 aliphatic heterocycles. The number of rotatable bonds is 3. The predicted octanol–water partition coefficient (Wildman–Crippen LogP) is 2.83. The monoisotopic (exact) mass is 274 g/mol. The lowest BCUT2D eigenvalue weighted by Crippen LogP contribution is -2.05. The highest BCUT2D eigenvalue weighted by Crippen LogP contribution is 2.25. The number of aromatic nitrogens is 3. The molecule has 1 aromatic carbocycles. The van der Waals surface area contributed by atoms with Crippen LogP contribution < -0.4 is 10.5 Å². The van der Waals surface area contributed by atoms with Crippen LogP contribution in [0.15, 0.2) is 30.5 Å². The summed E-state index contributed by atoms with van der Waals surface area (Å²) in [6.45, 7) is 4.01. The van der Waals surface area contributed by atoms with Crippen LogP contribution in [0.25, 0.3) is 16.2 Å². The molecule has 0 spiro atoms. The Morgan fingerprint density at radius 1 is 1.26 bits per heavy atom. The van der Waals surface area contributed by atoms with Crippen LogP contribution in [-0.2, 0) is 0 Å². The molecule has 3 rings (SSSR count). The van der Waals surface area contributed by atoms with E-state index in [1.165, 1.54) is 11.3 Å². The Balaban J connectivity index is 1.90. The second kappa shape index (κ2) is 4.55. The van der Waals surface area contributed by atoms with Crippen molar-refractivity contribution in [1.29, 1.82) is 0 Å². The van der Waals surface area contributed by atoms with Gasteiger partial charge in [0.1, 0.15) is 5.75 Å². The van der Waals surface area contributed by atoms with Crippen LogP contribution >= 0.6 is 11.3 Å². The molecule has 0 radical (unpaired) electrons. The standard InChI is InChI=1S/C13H14N4OS/c1-8(2)18-10-5-3-9(4-6-10)11-7-17-13(15-11)19-12(14)16-17/h3-8H,1-2H3,(H2,14,16). The molecule has 0 saturated heterocycles. The third-order valence-corrected chi connectivity index (χ3v) is 3.33. The van der Waals surface area contributed by atoms with Crippen molar-refractivity contribution in [2.75, 3.05) is 5.73 Å². The number of anilines is 1. The van der Waals surface area contributed by atoms with Gasteiger partial charge < -0.3 is 10.5 Å². The molecule has 0 saturated carbocycles. The minimum Gasteiger partial charge on any atom is -0.491 e. The highest BCUT2D eigenvalue weighted by molar-refractivity contribution is 7.20. The lowest BCUT2D eigenvalue weighted by molar-refractivity contribution is 0.242. The zero-order valence-corrected chi connectivity index (χ0v) is 11.5. The fraction of sp³-hybridized carbons (Fsp3) is 0.231. The van der Waals surface area contributed by atoms with Crippen molar-refractivity contribution in [2.45, 2.75) is 20.0 Å². The number of nitrogen functional groups attached to an aromatic ring is 1. The first-order chi connectivity index (χ1) is 9.11. The Kier molecular flexibility index (Phi) is 2.87. The number of nitrogens with two attached hydrogens (primary N) is 1. The molecule has 2 heterocycles. The molecular formula is C13H14N4OS. The van der Waals surface area contributed by atoms with E-state index in [0.717, 1.165) is 22.0 Å². The maximum Gasteiger partial charge on any atom is 0.214 e. The average Bonchev–Trinajstić information content (AvgIpc) is 2.86. The molecule has 98 valence electrons. The minimum atomic E-state index is 0.177. The van der Waals surface area contributed by atoms with Gasteiger partial charge in [0.2, 0.25) is 10.1 Å². The molecule has 5 nitrogen and oxygen atoms in total. The van der Waals surface area contributed by atoms with E-state index in [4.69, 9.17) is 10.5 Å². The normalized spacial score (nSPS) is 11.3. The highest BCUT2D eigenvalue weighted by atomic mass is 32.1. The summed E-state index contributed by atoms with van der Waals surface area (Å²) in [6.07, 6.45) is 2.05. The maximum absolute atomic E-state index is 5.62. The van der Waals surface area contributed by atoms with Crippen LogP contribution in [0.5, 0.6) is 5.75 Å². The van der Waals surface area contributed by atoms with Crippen molar-refractivity contribution in [3.05, 3.63) is 30.5 Å². The van der Waals surface area contributed by atoms with E-state index >= 15 is 0 Å². The lowest BCUT2D eigenvalue weighted by atomic mass is 10.1. The summed E-state index contributed by atoms with van der Waals surface area (Å²) in [6, 6.07) is 7.89. The second-order valence-electron chi connectivity index (χ2n) is 4.48. The SMILES string of the molecule is CC(C)Oc1ccc(-c2cn3nc(N)sc3n2)cc1. The number of benzene rings is 1. The summed E-state index contributed by atoms with van der Waals surface area (Å²) in [4.78, 5) is 5.29. The molecule has 0 bridgehead atoms. The van der Waals surface area contributed by atoms with Crippen LogP contribution in [0.4, 0.5) is 5.13 Å². The quantitative estimate of drug-likeness (QED) is 0.797. The molecule has 0 aliphatic carbocycles. The van der Waals surface area contributed by atoms with Crippen molar-refractivity contribution >= 4 is 21.4 Å². The third-order valence-electron chi connectivity index (χ3n) is 2.58. The van der Waals surface area contributed by atoms with Gasteiger partial charge in [0, 0.05) is 5.56 Å². The third kappa shape index (κ3) is 2.39. The Morgan fingerprint density at radius 3 is 2.63 bits per heavy atom. The molecule has 3 aromatic rings. The zero-order valence-electron chi connectivity index (χ0n) is 10.7. The summed E-state index contributed by atoms with van der Waals surface area (Å²) < 4.78 is 7.31. The smallest absolute Gasteiger partial charge is 0.214 e. The van der Waals surface area contributed by atoms with E-state index in [9.17, 15) is 0 Å². The largest absolute Gasteiger partial charge is 0.491 e. The molecule has 0 aliphatic rings. The number of ether oxygens (including phenoxy) is 1. The molecule has 0 fully saturated rings. The van der Waals surface area contributed by atoms with E-state index in [1.54, 1.807) is 4.52 Å². The summed E-state index contributed by atoms with van der Waals surface area (Å²) in [7, 11) is 0. The van der Waals surface area contributed by atoms with E-state index in [-0.39, 0.29) is 6.10 Å². The zero-order chi connectivity index (χ0) is 13.4. The first-order valence-electron chi connectivity index (χ1n) is 6.00. The number of hydrogen-bond acceptors (Lipinski definition) is 5. The van der Waals surface area contributed by atoms with Gasteiger partial charge in [0.25, 0.3) is 0 Å². The van der Waals surface area contributed by atoms with Gasteiger partial charge in [-0.1, -0.05) is 11.3 Å². The Bertz CT molecular complexity index is 668. The molecular weight excluding hydrogens is 260 g/mol. The molecule has 2 N–H and O–H groups in total. The van der Waals surface area contributed by atoms with Gasteiger partial charge in [-0.25, -0.2) is 9.50 Å². The Hall–Kier alpha value is -2.08. The van der Waals surface area contributed by atoms with Crippen molar-refractivity contribution in [3.63, 3.8) is 0 Å². The van der Waals surface area contributed by atoms with E-state index in [2.05, 4.69) is 10.1 Å². The van der Waals surface area contributed by atoms with Gasteiger partial charge >= 0.3 is 0 Å².